The van der Waals surface area contributed by atoms with E-state index in [2.05, 4.69) is 17.0 Å². The number of likely N-dealkylation sites (tertiary alicyclic amines) is 1. The van der Waals surface area contributed by atoms with Crippen LogP contribution in [0.25, 0.3) is 10.8 Å². The lowest BCUT2D eigenvalue weighted by Gasteiger charge is -2.38. The number of nitrogens with zero attached hydrogens (tertiary/aromatic N) is 4. The van der Waals surface area contributed by atoms with Crippen molar-refractivity contribution in [3.63, 3.8) is 0 Å². The van der Waals surface area contributed by atoms with E-state index < -0.39 is 4.65 Å². The third-order valence-corrected chi connectivity index (χ3v) is 9.55. The number of amides is 1. The molecule has 0 spiro atoms. The van der Waals surface area contributed by atoms with E-state index in [1.165, 1.54) is 0 Å². The first-order chi connectivity index (χ1) is 21.0. The maximum absolute atomic E-state index is 13.8. The van der Waals surface area contributed by atoms with Crippen LogP contribution in [0.5, 0.6) is 0 Å². The molecule has 0 saturated carbocycles. The number of nitriles is 1. The summed E-state index contributed by atoms with van der Waals surface area (Å²) in [5.74, 6) is 0.270. The van der Waals surface area contributed by atoms with Crippen molar-refractivity contribution in [3.05, 3.63) is 116 Å². The van der Waals surface area contributed by atoms with Crippen LogP contribution in [0.1, 0.15) is 58.1 Å². The fourth-order valence-corrected chi connectivity index (χ4v) is 6.74. The summed E-state index contributed by atoms with van der Waals surface area (Å²) >= 11 is 12.7. The van der Waals surface area contributed by atoms with Gasteiger partial charge in [-0.1, -0.05) is 71.7 Å². The molecule has 1 heterocycles. The van der Waals surface area contributed by atoms with Gasteiger partial charge in [-0.2, -0.15) is 5.26 Å². The number of likely N-dealkylation sites (N-methyl/N-ethyl adjacent to an activating group) is 1. The lowest BCUT2D eigenvalue weighted by atomic mass is 9.87. The first kappa shape index (κ1) is 32.0. The van der Waals surface area contributed by atoms with E-state index in [0.29, 0.717) is 33.6 Å². The first-order valence-corrected chi connectivity index (χ1v) is 15.8. The van der Waals surface area contributed by atoms with E-state index >= 15 is 0 Å². The van der Waals surface area contributed by atoms with Crippen molar-refractivity contribution in [2.45, 2.75) is 31.1 Å². The van der Waals surface area contributed by atoms with Crippen molar-refractivity contribution in [1.29, 1.82) is 5.26 Å². The molecule has 1 aliphatic rings. The molecular weight excluding hydrogens is 591 g/mol. The molecule has 5 rings (SSSR count). The Hall–Kier alpha value is -3.44. The molecule has 228 valence electrons. The molecule has 0 aliphatic carbocycles. The van der Waals surface area contributed by atoms with Crippen LogP contribution in [-0.4, -0.2) is 63.0 Å². The van der Waals surface area contributed by atoms with Gasteiger partial charge in [0.1, 0.15) is 5.69 Å². The molecular formula is C36H38Cl2N4O2. The molecule has 1 saturated heterocycles. The molecule has 1 unspecified atom stereocenters. The average molecular weight is 630 g/mol. The Labute approximate surface area is 270 Å². The molecule has 4 aromatic carbocycles. The van der Waals surface area contributed by atoms with Gasteiger partial charge in [-0.3, -0.25) is 4.79 Å². The average Bonchev–Trinajstić information content (AvgIpc) is 3.03. The lowest BCUT2D eigenvalue weighted by molar-refractivity contribution is 0.0783. The van der Waals surface area contributed by atoms with E-state index in [-0.39, 0.29) is 11.8 Å². The van der Waals surface area contributed by atoms with Crippen molar-refractivity contribution < 1.29 is 4.79 Å². The largest absolute Gasteiger partial charge is 0.628 e. The minimum atomic E-state index is -0.426. The lowest BCUT2D eigenvalue weighted by Crippen LogP contribution is -2.37. The summed E-state index contributed by atoms with van der Waals surface area (Å²) in [5, 5.41) is 25.1. The second-order valence-electron chi connectivity index (χ2n) is 12.2. The van der Waals surface area contributed by atoms with E-state index in [0.717, 1.165) is 66.5 Å². The Kier molecular flexibility index (Phi) is 9.94. The van der Waals surface area contributed by atoms with Crippen molar-refractivity contribution in [2.75, 3.05) is 47.3 Å². The number of halogens is 2. The standard InChI is InChI=1S/C36H38Cl2N4O2/c1-40(36(43)32-21-25(23-39)20-28-8-4-5-9-30(28)32)24-29(27-12-13-33(37)34(38)22-27)16-19-41-17-14-26(15-18-41)31-10-6-7-11-35(31)42(2,3)44/h4-13,20-22,26,29H,14-19,24H2,1-3H3. The number of fused-ring (bicyclic) bond motifs is 1. The van der Waals surface area contributed by atoms with Crippen LogP contribution in [0, 0.1) is 16.5 Å². The van der Waals surface area contributed by atoms with E-state index in [4.69, 9.17) is 23.2 Å². The number of hydrogen-bond donors (Lipinski definition) is 0. The number of benzene rings is 4. The van der Waals surface area contributed by atoms with Crippen LogP contribution in [0.15, 0.2) is 78.9 Å². The maximum Gasteiger partial charge on any atom is 0.254 e. The third kappa shape index (κ3) is 7.26. The molecule has 0 bridgehead atoms. The van der Waals surface area contributed by atoms with Gasteiger partial charge in [0.15, 0.2) is 0 Å². The molecule has 1 aliphatic heterocycles. The smallest absolute Gasteiger partial charge is 0.254 e. The van der Waals surface area contributed by atoms with Gasteiger partial charge < -0.3 is 19.7 Å². The van der Waals surface area contributed by atoms with Gasteiger partial charge in [-0.25, -0.2) is 0 Å². The number of carbonyl (C=O) groups is 1. The molecule has 0 radical (unpaired) electrons. The fraction of sp³-hybridized carbons (Fsp3) is 0.333. The molecule has 0 N–H and O–H groups in total. The molecule has 44 heavy (non-hydrogen) atoms. The van der Waals surface area contributed by atoms with Gasteiger partial charge in [-0.15, -0.1) is 0 Å². The fourth-order valence-electron chi connectivity index (χ4n) is 6.43. The molecule has 1 atom stereocenters. The number of carbonyl (C=O) groups excluding carboxylic acids is 1. The Morgan fingerprint density at radius 1 is 1.02 bits per heavy atom. The van der Waals surface area contributed by atoms with Gasteiger partial charge in [0.25, 0.3) is 5.91 Å². The highest BCUT2D eigenvalue weighted by atomic mass is 35.5. The van der Waals surface area contributed by atoms with E-state index in [9.17, 15) is 15.3 Å². The summed E-state index contributed by atoms with van der Waals surface area (Å²) in [4.78, 5) is 18.1. The highest BCUT2D eigenvalue weighted by Crippen LogP contribution is 2.36. The van der Waals surface area contributed by atoms with Crippen molar-refractivity contribution in [1.82, 2.24) is 14.4 Å². The number of hydroxylamine groups is 2. The number of quaternary nitrogens is 1. The highest BCUT2D eigenvalue weighted by Gasteiger charge is 2.27. The molecule has 4 aromatic rings. The zero-order valence-corrected chi connectivity index (χ0v) is 27.0. The predicted molar refractivity (Wildman–Crippen MR) is 181 cm³/mol. The summed E-state index contributed by atoms with van der Waals surface area (Å²) in [6.45, 7) is 3.25. The zero-order chi connectivity index (χ0) is 31.4. The number of hydrogen-bond acceptors (Lipinski definition) is 4. The number of rotatable bonds is 9. The minimum Gasteiger partial charge on any atom is -0.628 e. The molecule has 1 amide bonds. The molecule has 1 fully saturated rings. The quantitative estimate of drug-likeness (QED) is 0.138. The summed E-state index contributed by atoms with van der Waals surface area (Å²) in [6, 6.07) is 27.1. The minimum absolute atomic E-state index is 0.0288. The molecule has 8 heteroatoms. The summed E-state index contributed by atoms with van der Waals surface area (Å²) in [5.41, 5.74) is 4.02. The monoisotopic (exact) mass is 628 g/mol. The van der Waals surface area contributed by atoms with Gasteiger partial charge >= 0.3 is 0 Å². The van der Waals surface area contributed by atoms with Crippen LogP contribution in [0.3, 0.4) is 0 Å². The van der Waals surface area contributed by atoms with Crippen molar-refractivity contribution >= 4 is 45.6 Å². The number of piperidine rings is 1. The predicted octanol–water partition coefficient (Wildman–Crippen LogP) is 8.21. The molecule has 6 nitrogen and oxygen atoms in total. The van der Waals surface area contributed by atoms with Crippen LogP contribution in [-0.2, 0) is 0 Å². The zero-order valence-electron chi connectivity index (χ0n) is 25.5. The second-order valence-corrected chi connectivity index (χ2v) is 13.0. The number of para-hydroxylation sites is 1. The van der Waals surface area contributed by atoms with Crippen LogP contribution >= 0.6 is 23.2 Å². The van der Waals surface area contributed by atoms with Crippen molar-refractivity contribution in [3.8, 4) is 6.07 Å². The second kappa shape index (κ2) is 13.7. The Bertz CT molecular complexity index is 1690. The van der Waals surface area contributed by atoms with Gasteiger partial charge in [0.2, 0.25) is 0 Å². The van der Waals surface area contributed by atoms with Crippen LogP contribution in [0.4, 0.5) is 5.69 Å². The Balaban J connectivity index is 1.31. The third-order valence-electron chi connectivity index (χ3n) is 8.82. The first-order valence-electron chi connectivity index (χ1n) is 15.0. The SMILES string of the molecule is CN(CC(CCN1CCC(c2ccccc2[N+](C)(C)[O-])CC1)c1ccc(Cl)c(Cl)c1)C(=O)c1cc(C#N)cc2ccccc12. The van der Waals surface area contributed by atoms with Gasteiger partial charge in [0, 0.05) is 30.6 Å². The van der Waals surface area contributed by atoms with E-state index in [1.54, 1.807) is 25.1 Å². The van der Waals surface area contributed by atoms with Gasteiger partial charge in [0.05, 0.1) is 35.8 Å². The summed E-state index contributed by atoms with van der Waals surface area (Å²) in [6.07, 6.45) is 2.82. The normalized spacial score (nSPS) is 15.2. The Morgan fingerprint density at radius 3 is 2.43 bits per heavy atom. The van der Waals surface area contributed by atoms with E-state index in [1.807, 2.05) is 73.8 Å². The van der Waals surface area contributed by atoms with Crippen LogP contribution in [0.2, 0.25) is 10.0 Å². The van der Waals surface area contributed by atoms with Crippen molar-refractivity contribution in [2.24, 2.45) is 0 Å². The maximum atomic E-state index is 13.8. The Morgan fingerprint density at radius 2 is 1.73 bits per heavy atom. The van der Waals surface area contributed by atoms with Gasteiger partial charge in [-0.05, 0) is 91.5 Å². The highest BCUT2D eigenvalue weighted by molar-refractivity contribution is 6.42. The van der Waals surface area contributed by atoms with Crippen LogP contribution < -0.4 is 4.65 Å². The summed E-state index contributed by atoms with van der Waals surface area (Å²) < 4.78 is -0.426. The summed E-state index contributed by atoms with van der Waals surface area (Å²) in [7, 11) is 5.18. The molecule has 0 aromatic heterocycles. The topological polar surface area (TPSA) is 70.4 Å².